The second-order valence-corrected chi connectivity index (χ2v) is 17.2. The molecule has 0 saturated carbocycles. The highest BCUT2D eigenvalue weighted by molar-refractivity contribution is 7.84. The number of hydrogen-bond donors (Lipinski definition) is 11. The summed E-state index contributed by atoms with van der Waals surface area (Å²) >= 11 is 0. The van der Waals surface area contributed by atoms with Gasteiger partial charge in [0, 0.05) is 14.2 Å². The number of rotatable bonds is 19. The molecule has 3 saturated heterocycles. The predicted octanol–water partition coefficient (Wildman–Crippen LogP) is -7.89. The van der Waals surface area contributed by atoms with Crippen LogP contribution in [0, 0.1) is 0 Å². The molecule has 336 valence electrons. The van der Waals surface area contributed by atoms with Crippen molar-refractivity contribution in [1.82, 2.24) is 9.44 Å². The van der Waals surface area contributed by atoms with Gasteiger partial charge in [0.15, 0.2) is 31.1 Å². The number of aliphatic hydroxyl groups is 3. The molecule has 37 heteroatoms. The number of carboxylic acid groups (broad SMARTS) is 1. The molecule has 3 heterocycles. The van der Waals surface area contributed by atoms with E-state index >= 15 is 0 Å². The average Bonchev–Trinajstić information content (AvgIpc) is 3.03. The average molecular weight is 945 g/mol. The molecular formula is C20H36N2O30S5. The van der Waals surface area contributed by atoms with Gasteiger partial charge in [-0.15, -0.1) is 0 Å². The molecule has 3 fully saturated rings. The Balaban J connectivity index is 2.10. The summed E-state index contributed by atoms with van der Waals surface area (Å²) in [5, 5.41) is 43.4. The Morgan fingerprint density at radius 1 is 0.561 bits per heavy atom. The molecule has 0 aromatic rings. The SMILES string of the molecule is CO[C@H]1O[C@H](COS(=O)(=O)O)[C@@H](O[C@@H]2O[C@@H](C(=O)O)[C@@H](O[C@@H]3O[C@H](COS(=O)(=O)O)[C@@H](OC)[C@H](O)[C@H]3NS(=O)(=O)O)[C@H](O)[C@H]2OS(=O)(=O)O)[C@H](O)[C@H]1NS(=O)(=O)O. The standard InChI is InChI=1S/C20H36N2O30S5/c1-43-12-5(3-45-55(34,35)36)48-19(8(9(12)23)22-54(31,32)33)50-14-11(25)15(52-57(40,41)42)20(51-16(14)17(26)27)49-13-6(4-46-56(37,38)39)47-18(44-2)7(10(13)24)21-53(28,29)30/h5-16,18-25H,3-4H2,1-2H3,(H,26,27)(H,28,29,30)(H,31,32,33)(H,34,35,36)(H,37,38,39)(H,40,41,42)/t5-,6-,7-,8-,9-,10-,11+,12-,13-,14+,15-,16-,18+,19+,20-/m1/s1. The van der Waals surface area contributed by atoms with Crippen LogP contribution in [-0.2, 0) is 102 Å². The minimum atomic E-state index is -5.82. The molecule has 0 aromatic carbocycles. The van der Waals surface area contributed by atoms with E-state index in [0.29, 0.717) is 0 Å². The number of hydrogen-bond acceptors (Lipinski definition) is 24. The Kier molecular flexibility index (Phi) is 16.6. The first kappa shape index (κ1) is 49.8. The lowest BCUT2D eigenvalue weighted by Crippen LogP contribution is -2.70. The van der Waals surface area contributed by atoms with Crippen molar-refractivity contribution in [3.63, 3.8) is 0 Å². The lowest BCUT2D eigenvalue weighted by atomic mass is 9.95. The van der Waals surface area contributed by atoms with Crippen LogP contribution in [0.25, 0.3) is 0 Å². The summed E-state index contributed by atoms with van der Waals surface area (Å²) in [6.07, 6.45) is -31.3. The predicted molar refractivity (Wildman–Crippen MR) is 168 cm³/mol. The van der Waals surface area contributed by atoms with E-state index in [1.165, 1.54) is 9.44 Å². The molecule has 15 atom stereocenters. The van der Waals surface area contributed by atoms with Crippen LogP contribution >= 0.6 is 0 Å². The summed E-state index contributed by atoms with van der Waals surface area (Å²) in [5.41, 5.74) is 0. The van der Waals surface area contributed by atoms with Gasteiger partial charge in [0.2, 0.25) is 0 Å². The highest BCUT2D eigenvalue weighted by Crippen LogP contribution is 2.35. The van der Waals surface area contributed by atoms with E-state index in [0.717, 1.165) is 14.2 Å². The van der Waals surface area contributed by atoms with Gasteiger partial charge in [-0.05, 0) is 0 Å². The summed E-state index contributed by atoms with van der Waals surface area (Å²) in [5.74, 6) is -2.19. The largest absolute Gasteiger partial charge is 0.479 e. The maximum Gasteiger partial charge on any atom is 0.397 e. The Bertz CT molecular complexity index is 1940. The summed E-state index contributed by atoms with van der Waals surface area (Å²) in [6, 6.07) is -4.46. The van der Waals surface area contributed by atoms with E-state index in [4.69, 9.17) is 42.3 Å². The van der Waals surface area contributed by atoms with Crippen molar-refractivity contribution in [2.45, 2.75) is 92.0 Å². The summed E-state index contributed by atoms with van der Waals surface area (Å²) in [7, 11) is -25.4. The monoisotopic (exact) mass is 944 g/mol. The number of carboxylic acids is 1. The topological polar surface area (TPSA) is 486 Å². The van der Waals surface area contributed by atoms with Crippen LogP contribution in [0.15, 0.2) is 0 Å². The molecule has 0 unspecified atom stereocenters. The fourth-order valence-electron chi connectivity index (χ4n) is 5.63. The minimum absolute atomic E-state index is 0.844. The van der Waals surface area contributed by atoms with Gasteiger partial charge in [0.25, 0.3) is 0 Å². The molecular weight excluding hydrogens is 909 g/mol. The lowest BCUT2D eigenvalue weighted by Gasteiger charge is -2.49. The van der Waals surface area contributed by atoms with Crippen LogP contribution in [0.1, 0.15) is 0 Å². The zero-order valence-electron chi connectivity index (χ0n) is 28.2. The van der Waals surface area contributed by atoms with Crippen LogP contribution in [0.5, 0.6) is 0 Å². The highest BCUT2D eigenvalue weighted by Gasteiger charge is 2.58. The third-order valence-corrected chi connectivity index (χ3v) is 10.2. The van der Waals surface area contributed by atoms with Gasteiger partial charge in [-0.25, -0.2) is 17.3 Å². The first-order valence-electron chi connectivity index (χ1n) is 14.8. The van der Waals surface area contributed by atoms with Gasteiger partial charge >= 0.3 is 57.8 Å². The fourth-order valence-corrected chi connectivity index (χ4v) is 7.91. The normalized spacial score (nSPS) is 37.5. The van der Waals surface area contributed by atoms with Gasteiger partial charge in [-0.1, -0.05) is 0 Å². The van der Waals surface area contributed by atoms with Crippen LogP contribution in [0.2, 0.25) is 0 Å². The molecule has 0 aliphatic carbocycles. The number of carbonyl (C=O) groups is 1. The van der Waals surface area contributed by atoms with E-state index in [-0.39, 0.29) is 0 Å². The molecule has 3 rings (SSSR count). The van der Waals surface area contributed by atoms with Gasteiger partial charge < -0.3 is 53.6 Å². The van der Waals surface area contributed by atoms with Gasteiger partial charge in [-0.2, -0.15) is 51.5 Å². The number of aliphatic hydroxyl groups excluding tert-OH is 3. The van der Waals surface area contributed by atoms with Gasteiger partial charge in [0.05, 0.1) is 13.2 Å². The molecule has 0 amide bonds. The smallest absolute Gasteiger partial charge is 0.397 e. The summed E-state index contributed by atoms with van der Waals surface area (Å²) in [6.45, 7) is -2.63. The van der Waals surface area contributed by atoms with Crippen LogP contribution < -0.4 is 9.44 Å². The van der Waals surface area contributed by atoms with E-state index in [2.05, 4.69) is 12.5 Å². The van der Waals surface area contributed by atoms with Crippen molar-refractivity contribution >= 4 is 57.8 Å². The zero-order chi connectivity index (χ0) is 43.6. The third kappa shape index (κ3) is 14.5. The van der Waals surface area contributed by atoms with Crippen molar-refractivity contribution in [1.29, 1.82) is 0 Å². The minimum Gasteiger partial charge on any atom is -0.479 e. The first-order valence-corrected chi connectivity index (χ1v) is 21.8. The molecule has 0 spiro atoms. The second-order valence-electron chi connectivity index (χ2n) is 11.6. The molecule has 57 heavy (non-hydrogen) atoms. The van der Waals surface area contributed by atoms with Crippen molar-refractivity contribution in [2.75, 3.05) is 27.4 Å². The Morgan fingerprint density at radius 2 is 1.00 bits per heavy atom. The van der Waals surface area contributed by atoms with E-state index in [9.17, 15) is 81.0 Å². The second kappa shape index (κ2) is 19.0. The quantitative estimate of drug-likeness (QED) is 0.0536. The Hall–Kier alpha value is -1.58. The van der Waals surface area contributed by atoms with E-state index < -0.39 is 163 Å². The molecule has 11 N–H and O–H groups in total. The fraction of sp³-hybridized carbons (Fsp3) is 0.950. The van der Waals surface area contributed by atoms with Gasteiger partial charge in [-0.3, -0.25) is 22.8 Å². The zero-order valence-corrected chi connectivity index (χ0v) is 32.3. The third-order valence-electron chi connectivity index (χ3n) is 7.76. The number of methoxy groups -OCH3 is 2. The molecule has 32 nitrogen and oxygen atoms in total. The van der Waals surface area contributed by atoms with E-state index in [1.807, 2.05) is 0 Å². The Labute approximate surface area is 321 Å². The molecule has 0 aromatic heterocycles. The van der Waals surface area contributed by atoms with E-state index in [1.54, 1.807) is 0 Å². The maximum absolute atomic E-state index is 12.5. The van der Waals surface area contributed by atoms with Crippen molar-refractivity contribution in [3.8, 4) is 0 Å². The van der Waals surface area contributed by atoms with Crippen LogP contribution in [0.3, 0.4) is 0 Å². The van der Waals surface area contributed by atoms with Crippen LogP contribution in [-0.4, -0.2) is 211 Å². The summed E-state index contributed by atoms with van der Waals surface area (Å²) in [4.78, 5) is 12.5. The highest BCUT2D eigenvalue weighted by atomic mass is 32.3. The van der Waals surface area contributed by atoms with Crippen molar-refractivity contribution in [2.24, 2.45) is 0 Å². The Morgan fingerprint density at radius 3 is 1.42 bits per heavy atom. The number of aliphatic carboxylic acids is 1. The number of ether oxygens (including phenoxy) is 7. The maximum atomic E-state index is 12.5. The molecule has 0 radical (unpaired) electrons. The van der Waals surface area contributed by atoms with Crippen molar-refractivity contribution in [3.05, 3.63) is 0 Å². The van der Waals surface area contributed by atoms with Crippen LogP contribution in [0.4, 0.5) is 0 Å². The molecule has 0 bridgehead atoms. The van der Waals surface area contributed by atoms with Gasteiger partial charge in [0.1, 0.15) is 60.9 Å². The lowest BCUT2D eigenvalue weighted by molar-refractivity contribution is -0.358. The molecule has 3 aliphatic rings. The number of nitrogens with one attached hydrogen (secondary N) is 2. The van der Waals surface area contributed by atoms with Crippen molar-refractivity contribution < 1.29 is 136 Å². The first-order chi connectivity index (χ1) is 25.8. The summed E-state index contributed by atoms with van der Waals surface area (Å²) < 4.78 is 214. The molecule has 3 aliphatic heterocycles.